The summed E-state index contributed by atoms with van der Waals surface area (Å²) in [5.41, 5.74) is -0.405. The van der Waals surface area contributed by atoms with Gasteiger partial charge in [-0.15, -0.1) is 0 Å². The fraction of sp³-hybridized carbons (Fsp3) is 0.400. The number of nitrogens with zero attached hydrogens (tertiary/aromatic N) is 2. The van der Waals surface area contributed by atoms with Gasteiger partial charge in [-0.25, -0.2) is 4.79 Å². The van der Waals surface area contributed by atoms with Gasteiger partial charge in [-0.2, -0.15) is 18.2 Å². The van der Waals surface area contributed by atoms with Crippen molar-refractivity contribution in [3.05, 3.63) is 47.1 Å². The molecule has 1 atom stereocenters. The number of aryl methyl sites for hydroxylation is 1. The molecule has 24 heavy (non-hydrogen) atoms. The Morgan fingerprint density at radius 1 is 1.38 bits per heavy atom. The van der Waals surface area contributed by atoms with Crippen molar-refractivity contribution in [1.82, 2.24) is 20.8 Å². The number of urea groups is 1. The summed E-state index contributed by atoms with van der Waals surface area (Å²) in [7, 11) is 0. The first-order valence-corrected chi connectivity index (χ1v) is 7.32. The van der Waals surface area contributed by atoms with E-state index in [1.165, 1.54) is 12.1 Å². The van der Waals surface area contributed by atoms with E-state index in [0.717, 1.165) is 12.1 Å². The van der Waals surface area contributed by atoms with Gasteiger partial charge in [0.05, 0.1) is 18.2 Å². The Morgan fingerprint density at radius 2 is 2.12 bits per heavy atom. The van der Waals surface area contributed by atoms with Crippen molar-refractivity contribution in [2.45, 2.75) is 39.0 Å². The Bertz CT molecular complexity index is 700. The molecule has 2 aromatic rings. The van der Waals surface area contributed by atoms with Gasteiger partial charge in [0, 0.05) is 6.42 Å². The number of carbonyl (C=O) groups excluding carboxylic acids is 1. The predicted molar refractivity (Wildman–Crippen MR) is 78.9 cm³/mol. The van der Waals surface area contributed by atoms with E-state index in [1.54, 1.807) is 6.92 Å². The Kier molecular flexibility index (Phi) is 5.42. The summed E-state index contributed by atoms with van der Waals surface area (Å²) >= 11 is 0. The molecule has 2 N–H and O–H groups in total. The first-order chi connectivity index (χ1) is 11.3. The summed E-state index contributed by atoms with van der Waals surface area (Å²) in [5, 5.41) is 8.76. The molecule has 0 aliphatic heterocycles. The van der Waals surface area contributed by atoms with E-state index in [4.69, 9.17) is 4.52 Å². The van der Waals surface area contributed by atoms with Crippen LogP contribution in [0.4, 0.5) is 18.0 Å². The summed E-state index contributed by atoms with van der Waals surface area (Å²) in [6.07, 6.45) is -3.81. The molecular weight excluding hydrogens is 325 g/mol. The monoisotopic (exact) mass is 342 g/mol. The normalized spacial score (nSPS) is 12.7. The molecule has 9 heteroatoms. The molecule has 0 aliphatic carbocycles. The average Bonchev–Trinajstić information content (AvgIpc) is 3.00. The number of carbonyl (C=O) groups is 1. The quantitative estimate of drug-likeness (QED) is 0.874. The maximum absolute atomic E-state index is 12.7. The van der Waals surface area contributed by atoms with Crippen LogP contribution in [0.3, 0.4) is 0 Å². The second-order valence-electron chi connectivity index (χ2n) is 5.13. The van der Waals surface area contributed by atoms with Crippen LogP contribution in [-0.4, -0.2) is 16.2 Å². The van der Waals surface area contributed by atoms with Crippen molar-refractivity contribution in [2.24, 2.45) is 0 Å². The van der Waals surface area contributed by atoms with Crippen LogP contribution in [-0.2, 0) is 19.1 Å². The number of amides is 2. The topological polar surface area (TPSA) is 80.0 Å². The lowest BCUT2D eigenvalue weighted by atomic mass is 10.1. The lowest BCUT2D eigenvalue weighted by molar-refractivity contribution is -0.137. The van der Waals surface area contributed by atoms with Gasteiger partial charge in [-0.3, -0.25) is 0 Å². The van der Waals surface area contributed by atoms with Crippen molar-refractivity contribution >= 4 is 6.03 Å². The highest BCUT2D eigenvalue weighted by Crippen LogP contribution is 2.30. The van der Waals surface area contributed by atoms with Crippen LogP contribution >= 0.6 is 0 Å². The van der Waals surface area contributed by atoms with Gasteiger partial charge in [0.25, 0.3) is 0 Å². The van der Waals surface area contributed by atoms with Crippen molar-refractivity contribution in [2.75, 3.05) is 0 Å². The van der Waals surface area contributed by atoms with Crippen LogP contribution in [0, 0.1) is 0 Å². The van der Waals surface area contributed by atoms with E-state index >= 15 is 0 Å². The maximum atomic E-state index is 12.7. The first kappa shape index (κ1) is 17.8. The third-order valence-electron chi connectivity index (χ3n) is 3.29. The molecule has 0 radical (unpaired) electrons. The lowest BCUT2D eigenvalue weighted by Gasteiger charge is -2.16. The summed E-state index contributed by atoms with van der Waals surface area (Å²) < 4.78 is 43.1. The third-order valence-corrected chi connectivity index (χ3v) is 3.29. The molecule has 2 amide bonds. The largest absolute Gasteiger partial charge is 0.416 e. The minimum absolute atomic E-state index is 0.0359. The summed E-state index contributed by atoms with van der Waals surface area (Å²) in [6.45, 7) is 3.50. The average molecular weight is 342 g/mol. The fourth-order valence-corrected chi connectivity index (χ4v) is 1.98. The van der Waals surface area contributed by atoms with Crippen LogP contribution in [0.15, 0.2) is 28.8 Å². The number of nitrogens with one attached hydrogen (secondary N) is 2. The Balaban J connectivity index is 1.91. The third kappa shape index (κ3) is 4.71. The van der Waals surface area contributed by atoms with Crippen molar-refractivity contribution in [3.8, 4) is 0 Å². The SMILES string of the molecule is CCc1noc(CNC(=O)N[C@@H](C)c2cccc(C(F)(F)F)c2)n1. The molecule has 1 aromatic carbocycles. The highest BCUT2D eigenvalue weighted by molar-refractivity contribution is 5.74. The number of hydrogen-bond acceptors (Lipinski definition) is 4. The van der Waals surface area contributed by atoms with Gasteiger partial charge in [0.1, 0.15) is 0 Å². The summed E-state index contributed by atoms with van der Waals surface area (Å²) in [4.78, 5) is 15.9. The minimum Gasteiger partial charge on any atom is -0.337 e. The molecule has 0 aliphatic rings. The molecule has 0 saturated heterocycles. The number of benzene rings is 1. The zero-order chi connectivity index (χ0) is 17.7. The lowest BCUT2D eigenvalue weighted by Crippen LogP contribution is -2.36. The van der Waals surface area contributed by atoms with E-state index in [1.807, 2.05) is 6.92 Å². The van der Waals surface area contributed by atoms with Gasteiger partial charge in [-0.05, 0) is 24.6 Å². The smallest absolute Gasteiger partial charge is 0.337 e. The van der Waals surface area contributed by atoms with Gasteiger partial charge in [0.15, 0.2) is 5.82 Å². The van der Waals surface area contributed by atoms with Crippen molar-refractivity contribution < 1.29 is 22.5 Å². The molecule has 0 saturated carbocycles. The molecule has 0 unspecified atom stereocenters. The number of hydrogen-bond donors (Lipinski definition) is 2. The fourth-order valence-electron chi connectivity index (χ4n) is 1.98. The van der Waals surface area contributed by atoms with Gasteiger partial charge < -0.3 is 15.2 Å². The van der Waals surface area contributed by atoms with E-state index in [-0.39, 0.29) is 12.4 Å². The van der Waals surface area contributed by atoms with E-state index in [0.29, 0.717) is 17.8 Å². The summed E-state index contributed by atoms with van der Waals surface area (Å²) in [6, 6.07) is 3.68. The molecule has 6 nitrogen and oxygen atoms in total. The van der Waals surface area contributed by atoms with Crippen LogP contribution in [0.5, 0.6) is 0 Å². The highest BCUT2D eigenvalue weighted by Gasteiger charge is 2.30. The standard InChI is InChI=1S/C15H17F3N4O2/c1-3-12-21-13(24-22-12)8-19-14(23)20-9(2)10-5-4-6-11(7-10)15(16,17)18/h4-7,9H,3,8H2,1-2H3,(H2,19,20,23)/t9-/m0/s1. The minimum atomic E-state index is -4.42. The first-order valence-electron chi connectivity index (χ1n) is 7.32. The number of halogens is 3. The molecule has 0 fully saturated rings. The molecule has 2 rings (SSSR count). The van der Waals surface area contributed by atoms with Gasteiger partial charge in [-0.1, -0.05) is 24.2 Å². The summed E-state index contributed by atoms with van der Waals surface area (Å²) in [5.74, 6) is 0.790. The van der Waals surface area contributed by atoms with E-state index < -0.39 is 23.8 Å². The molecular formula is C15H17F3N4O2. The number of rotatable bonds is 5. The Labute approximate surface area is 136 Å². The Hall–Kier alpha value is -2.58. The van der Waals surface area contributed by atoms with Crippen LogP contribution in [0.2, 0.25) is 0 Å². The molecule has 0 bridgehead atoms. The van der Waals surface area contributed by atoms with Crippen LogP contribution in [0.25, 0.3) is 0 Å². The molecule has 0 spiro atoms. The second-order valence-corrected chi connectivity index (χ2v) is 5.13. The number of aromatic nitrogens is 2. The van der Waals surface area contributed by atoms with Crippen molar-refractivity contribution in [1.29, 1.82) is 0 Å². The van der Waals surface area contributed by atoms with Crippen molar-refractivity contribution in [3.63, 3.8) is 0 Å². The zero-order valence-corrected chi connectivity index (χ0v) is 13.1. The highest BCUT2D eigenvalue weighted by atomic mass is 19.4. The second kappa shape index (κ2) is 7.33. The maximum Gasteiger partial charge on any atom is 0.416 e. The van der Waals surface area contributed by atoms with Crippen LogP contribution in [0.1, 0.15) is 42.7 Å². The van der Waals surface area contributed by atoms with Crippen LogP contribution < -0.4 is 10.6 Å². The zero-order valence-electron chi connectivity index (χ0n) is 13.1. The predicted octanol–water partition coefficient (Wildman–Crippen LogP) is 3.21. The van der Waals surface area contributed by atoms with Gasteiger partial charge >= 0.3 is 12.2 Å². The molecule has 1 heterocycles. The molecule has 130 valence electrons. The van der Waals surface area contributed by atoms with Gasteiger partial charge in [0.2, 0.25) is 5.89 Å². The Morgan fingerprint density at radius 3 is 2.75 bits per heavy atom. The van der Waals surface area contributed by atoms with E-state index in [9.17, 15) is 18.0 Å². The number of alkyl halides is 3. The molecule has 1 aromatic heterocycles. The van der Waals surface area contributed by atoms with E-state index in [2.05, 4.69) is 20.8 Å².